The van der Waals surface area contributed by atoms with E-state index in [9.17, 15) is 9.59 Å². The minimum Gasteiger partial charge on any atom is -0.339 e. The number of nitrogens with one attached hydrogen (secondary N) is 1. The Morgan fingerprint density at radius 2 is 1.83 bits per heavy atom. The highest BCUT2D eigenvalue weighted by molar-refractivity contribution is 6.21. The predicted molar refractivity (Wildman–Crippen MR) is 89.3 cm³/mol. The molecule has 0 bridgehead atoms. The van der Waals surface area contributed by atoms with Crippen molar-refractivity contribution in [2.75, 3.05) is 13.6 Å². The number of halogens is 1. The Kier molecular flexibility index (Phi) is 5.69. The standard InChI is InChI=1S/C16H18N4O3.ClH/c1-10(17-2)9-13-18-14(23-19-13)7-8-20-15(21)11-5-3-4-6-12(11)16(20)22;/h3-6,10,17H,7-9H2,1-2H3;1H. The summed E-state index contributed by atoms with van der Waals surface area (Å²) in [5, 5.41) is 7.01. The number of amides is 2. The van der Waals surface area contributed by atoms with Crippen molar-refractivity contribution in [2.45, 2.75) is 25.8 Å². The fraction of sp³-hybridized carbons (Fsp3) is 0.375. The summed E-state index contributed by atoms with van der Waals surface area (Å²) >= 11 is 0. The van der Waals surface area contributed by atoms with Crippen molar-refractivity contribution in [3.63, 3.8) is 0 Å². The number of carbonyl (C=O) groups excluding carboxylic acids is 2. The maximum Gasteiger partial charge on any atom is 0.261 e. The number of benzene rings is 1. The van der Waals surface area contributed by atoms with E-state index in [1.165, 1.54) is 4.90 Å². The normalized spacial score (nSPS) is 14.5. The predicted octanol–water partition coefficient (Wildman–Crippen LogP) is 1.48. The maximum absolute atomic E-state index is 12.2. The first-order chi connectivity index (χ1) is 11.1. The van der Waals surface area contributed by atoms with E-state index in [1.807, 2.05) is 14.0 Å². The van der Waals surface area contributed by atoms with Gasteiger partial charge in [-0.25, -0.2) is 0 Å². The van der Waals surface area contributed by atoms with Crippen LogP contribution in [0.25, 0.3) is 0 Å². The fourth-order valence-electron chi connectivity index (χ4n) is 2.50. The van der Waals surface area contributed by atoms with Crippen LogP contribution in [0, 0.1) is 0 Å². The van der Waals surface area contributed by atoms with E-state index in [0.717, 1.165) is 0 Å². The third kappa shape index (κ3) is 3.47. The molecule has 0 aliphatic carbocycles. The van der Waals surface area contributed by atoms with Gasteiger partial charge in [0, 0.05) is 25.4 Å². The van der Waals surface area contributed by atoms with Crippen molar-refractivity contribution in [3.8, 4) is 0 Å². The van der Waals surface area contributed by atoms with Crippen molar-refractivity contribution in [1.29, 1.82) is 0 Å². The summed E-state index contributed by atoms with van der Waals surface area (Å²) in [6, 6.07) is 7.08. The van der Waals surface area contributed by atoms with Gasteiger partial charge in [-0.2, -0.15) is 4.98 Å². The van der Waals surface area contributed by atoms with Crippen molar-refractivity contribution in [2.24, 2.45) is 0 Å². The third-order valence-corrected chi connectivity index (χ3v) is 3.92. The number of imide groups is 1. The van der Waals surface area contributed by atoms with Gasteiger partial charge in [0.1, 0.15) is 0 Å². The molecule has 7 nitrogen and oxygen atoms in total. The molecule has 2 amide bonds. The van der Waals surface area contributed by atoms with E-state index >= 15 is 0 Å². The maximum atomic E-state index is 12.2. The van der Waals surface area contributed by atoms with Gasteiger partial charge in [-0.15, -0.1) is 12.4 Å². The smallest absolute Gasteiger partial charge is 0.261 e. The van der Waals surface area contributed by atoms with E-state index in [4.69, 9.17) is 4.52 Å². The molecule has 1 aromatic carbocycles. The zero-order valence-electron chi connectivity index (χ0n) is 13.5. The van der Waals surface area contributed by atoms with E-state index in [2.05, 4.69) is 15.5 Å². The lowest BCUT2D eigenvalue weighted by Crippen LogP contribution is -2.31. The molecule has 128 valence electrons. The molecule has 0 radical (unpaired) electrons. The first-order valence-corrected chi connectivity index (χ1v) is 7.54. The lowest BCUT2D eigenvalue weighted by Gasteiger charge is -2.11. The number of rotatable bonds is 6. The zero-order chi connectivity index (χ0) is 16.4. The number of likely N-dealkylation sites (N-methyl/N-ethyl adjacent to an activating group) is 1. The number of nitrogens with zero attached hydrogens (tertiary/aromatic N) is 3. The number of hydrogen-bond donors (Lipinski definition) is 1. The van der Waals surface area contributed by atoms with Gasteiger partial charge in [0.25, 0.3) is 11.8 Å². The van der Waals surface area contributed by atoms with Crippen LogP contribution in [0.15, 0.2) is 28.8 Å². The molecule has 24 heavy (non-hydrogen) atoms. The largest absolute Gasteiger partial charge is 0.339 e. The van der Waals surface area contributed by atoms with Crippen LogP contribution in [-0.2, 0) is 12.8 Å². The van der Waals surface area contributed by atoms with Crippen LogP contribution in [0.1, 0.15) is 39.4 Å². The molecule has 0 spiro atoms. The highest BCUT2D eigenvalue weighted by atomic mass is 35.5. The van der Waals surface area contributed by atoms with Gasteiger partial charge in [-0.05, 0) is 26.1 Å². The first kappa shape index (κ1) is 18.1. The zero-order valence-corrected chi connectivity index (χ0v) is 14.3. The van der Waals surface area contributed by atoms with Crippen LogP contribution >= 0.6 is 12.4 Å². The van der Waals surface area contributed by atoms with Gasteiger partial charge in [-0.1, -0.05) is 17.3 Å². The minimum atomic E-state index is -0.269. The average molecular weight is 351 g/mol. The molecule has 1 aromatic heterocycles. The second-order valence-electron chi connectivity index (χ2n) is 5.56. The molecule has 2 heterocycles. The Morgan fingerprint density at radius 3 is 2.42 bits per heavy atom. The van der Waals surface area contributed by atoms with E-state index in [0.29, 0.717) is 35.7 Å². The van der Waals surface area contributed by atoms with Gasteiger partial charge < -0.3 is 9.84 Å². The Balaban J connectivity index is 0.00000208. The summed E-state index contributed by atoms with van der Waals surface area (Å²) in [6.45, 7) is 2.25. The van der Waals surface area contributed by atoms with Crippen LogP contribution in [0.2, 0.25) is 0 Å². The highest BCUT2D eigenvalue weighted by Crippen LogP contribution is 2.22. The molecule has 1 aliphatic heterocycles. The van der Waals surface area contributed by atoms with Crippen LogP contribution < -0.4 is 5.32 Å². The fourth-order valence-corrected chi connectivity index (χ4v) is 2.50. The third-order valence-electron chi connectivity index (χ3n) is 3.92. The van der Waals surface area contributed by atoms with Crippen LogP contribution in [0.3, 0.4) is 0 Å². The summed E-state index contributed by atoms with van der Waals surface area (Å²) in [5.74, 6) is 0.507. The summed E-state index contributed by atoms with van der Waals surface area (Å²) in [5.41, 5.74) is 0.901. The van der Waals surface area contributed by atoms with E-state index < -0.39 is 0 Å². The van der Waals surface area contributed by atoms with Crippen molar-refractivity contribution in [1.82, 2.24) is 20.4 Å². The van der Waals surface area contributed by atoms with E-state index in [1.54, 1.807) is 24.3 Å². The van der Waals surface area contributed by atoms with Gasteiger partial charge in [-0.3, -0.25) is 14.5 Å². The summed E-state index contributed by atoms with van der Waals surface area (Å²) in [6.07, 6.45) is 1.01. The molecular weight excluding hydrogens is 332 g/mol. The number of fused-ring (bicyclic) bond motifs is 1. The molecule has 1 atom stereocenters. The highest BCUT2D eigenvalue weighted by Gasteiger charge is 2.34. The van der Waals surface area contributed by atoms with E-state index in [-0.39, 0.29) is 36.8 Å². The molecule has 2 aromatic rings. The Bertz CT molecular complexity index is 711. The number of hydrogen-bond acceptors (Lipinski definition) is 6. The molecule has 0 saturated heterocycles. The molecule has 1 aliphatic rings. The molecule has 3 rings (SSSR count). The molecular formula is C16H19ClN4O3. The van der Waals surface area contributed by atoms with Gasteiger partial charge in [0.2, 0.25) is 5.89 Å². The van der Waals surface area contributed by atoms with Crippen LogP contribution in [0.5, 0.6) is 0 Å². The molecule has 1 N–H and O–H groups in total. The Labute approximate surface area is 145 Å². The molecule has 1 unspecified atom stereocenters. The van der Waals surface area contributed by atoms with Gasteiger partial charge in [0.05, 0.1) is 11.1 Å². The summed E-state index contributed by atoms with van der Waals surface area (Å²) in [4.78, 5) is 30.0. The van der Waals surface area contributed by atoms with Crippen molar-refractivity contribution >= 4 is 24.2 Å². The Morgan fingerprint density at radius 1 is 1.21 bits per heavy atom. The lowest BCUT2D eigenvalue weighted by atomic mass is 10.1. The monoisotopic (exact) mass is 350 g/mol. The first-order valence-electron chi connectivity index (χ1n) is 7.54. The van der Waals surface area contributed by atoms with Crippen molar-refractivity contribution < 1.29 is 14.1 Å². The minimum absolute atomic E-state index is 0. The Hall–Kier alpha value is -2.25. The lowest BCUT2D eigenvalue weighted by molar-refractivity contribution is 0.0653. The van der Waals surface area contributed by atoms with Crippen LogP contribution in [0.4, 0.5) is 0 Å². The topological polar surface area (TPSA) is 88.3 Å². The average Bonchev–Trinajstić information content (AvgIpc) is 3.10. The second kappa shape index (κ2) is 7.55. The molecule has 0 saturated carbocycles. The van der Waals surface area contributed by atoms with Gasteiger partial charge >= 0.3 is 0 Å². The van der Waals surface area contributed by atoms with Crippen molar-refractivity contribution in [3.05, 3.63) is 47.1 Å². The SMILES string of the molecule is CNC(C)Cc1noc(CCN2C(=O)c3ccccc3C2=O)n1.Cl. The summed E-state index contributed by atoms with van der Waals surface area (Å²) in [7, 11) is 1.87. The molecule has 8 heteroatoms. The number of carbonyl (C=O) groups is 2. The van der Waals surface area contributed by atoms with Crippen LogP contribution in [-0.4, -0.2) is 46.5 Å². The second-order valence-corrected chi connectivity index (χ2v) is 5.56. The quantitative estimate of drug-likeness (QED) is 0.794. The number of aromatic nitrogens is 2. The summed E-state index contributed by atoms with van der Waals surface area (Å²) < 4.78 is 5.18. The van der Waals surface area contributed by atoms with Gasteiger partial charge in [0.15, 0.2) is 5.82 Å². The molecule has 0 fully saturated rings.